The Morgan fingerprint density at radius 2 is 2.07 bits per heavy atom. The first-order valence-corrected chi connectivity index (χ1v) is 5.29. The smallest absolute Gasteiger partial charge is 0.228 e. The highest BCUT2D eigenvalue weighted by Crippen LogP contribution is 2.07. The number of nitrogens with one attached hydrogen (secondary N) is 2. The van der Waals surface area contributed by atoms with E-state index in [-0.39, 0.29) is 11.9 Å². The minimum absolute atomic E-state index is 0.000295. The number of benzene rings is 1. The molecule has 4 heteroatoms. The van der Waals surface area contributed by atoms with Crippen LogP contribution >= 0.6 is 12.2 Å². The van der Waals surface area contributed by atoms with Crippen LogP contribution in [0.2, 0.25) is 0 Å². The molecule has 1 saturated heterocycles. The summed E-state index contributed by atoms with van der Waals surface area (Å²) in [6, 6.07) is 10.2. The van der Waals surface area contributed by atoms with Crippen LogP contribution in [0.4, 0.5) is 0 Å². The third-order valence-electron chi connectivity index (χ3n) is 2.34. The van der Waals surface area contributed by atoms with Gasteiger partial charge in [-0.05, 0) is 24.2 Å². The lowest BCUT2D eigenvalue weighted by Gasteiger charge is -2.25. The van der Waals surface area contributed by atoms with E-state index in [1.165, 1.54) is 5.56 Å². The normalized spacial score (nSPS) is 20.7. The fraction of sp³-hybridized carbons (Fsp3) is 0.273. The van der Waals surface area contributed by atoms with Crippen LogP contribution < -0.4 is 10.6 Å². The van der Waals surface area contributed by atoms with E-state index in [1.54, 1.807) is 0 Å². The van der Waals surface area contributed by atoms with Crippen molar-refractivity contribution >= 4 is 23.2 Å². The Morgan fingerprint density at radius 3 is 2.73 bits per heavy atom. The number of amides is 1. The van der Waals surface area contributed by atoms with Gasteiger partial charge in [0.2, 0.25) is 5.91 Å². The second kappa shape index (κ2) is 4.40. The summed E-state index contributed by atoms with van der Waals surface area (Å²) in [5.41, 5.74) is 1.22. The molecule has 1 amide bonds. The molecule has 0 aromatic heterocycles. The van der Waals surface area contributed by atoms with Gasteiger partial charge in [-0.25, -0.2) is 0 Å². The van der Waals surface area contributed by atoms with E-state index in [0.29, 0.717) is 11.5 Å². The molecule has 2 rings (SSSR count). The van der Waals surface area contributed by atoms with Crippen molar-refractivity contribution in [1.29, 1.82) is 0 Å². The molecule has 0 bridgehead atoms. The van der Waals surface area contributed by atoms with Crippen molar-refractivity contribution in [3.8, 4) is 0 Å². The summed E-state index contributed by atoms with van der Waals surface area (Å²) in [5, 5.41) is 6.11. The summed E-state index contributed by atoms with van der Waals surface area (Å²) in [4.78, 5) is 11.2. The summed E-state index contributed by atoms with van der Waals surface area (Å²) in [7, 11) is 0. The van der Waals surface area contributed by atoms with Gasteiger partial charge in [-0.2, -0.15) is 0 Å². The highest BCUT2D eigenvalue weighted by Gasteiger charge is 2.21. The summed E-state index contributed by atoms with van der Waals surface area (Å²) in [6.07, 6.45) is 1.31. The lowest BCUT2D eigenvalue weighted by atomic mass is 10.0. The standard InChI is InChI=1S/C11H12N2OS/c14-10-7-9(12-11(15)13-10)6-8-4-2-1-3-5-8/h1-5,9H,6-7H2,(H2,12,13,14,15). The molecular weight excluding hydrogens is 208 g/mol. The molecule has 1 unspecified atom stereocenters. The van der Waals surface area contributed by atoms with E-state index < -0.39 is 0 Å². The SMILES string of the molecule is O=C1CC(Cc2ccccc2)NC(=S)N1. The van der Waals surface area contributed by atoms with E-state index in [9.17, 15) is 4.79 Å². The quantitative estimate of drug-likeness (QED) is 0.730. The summed E-state index contributed by atoms with van der Waals surface area (Å²) < 4.78 is 0. The van der Waals surface area contributed by atoms with Gasteiger partial charge in [0.25, 0.3) is 0 Å². The van der Waals surface area contributed by atoms with Crippen molar-refractivity contribution in [2.24, 2.45) is 0 Å². The van der Waals surface area contributed by atoms with Gasteiger partial charge in [0, 0.05) is 12.5 Å². The molecule has 1 aromatic carbocycles. The fourth-order valence-electron chi connectivity index (χ4n) is 1.70. The molecule has 0 saturated carbocycles. The number of hydrogen-bond acceptors (Lipinski definition) is 2. The molecular formula is C11H12N2OS. The number of hydrogen-bond donors (Lipinski definition) is 2. The molecule has 1 heterocycles. The van der Waals surface area contributed by atoms with Crippen LogP contribution in [-0.2, 0) is 11.2 Å². The third-order valence-corrected chi connectivity index (χ3v) is 2.56. The van der Waals surface area contributed by atoms with E-state index in [1.807, 2.05) is 18.2 Å². The molecule has 1 aliphatic rings. The average molecular weight is 220 g/mol. The van der Waals surface area contributed by atoms with Gasteiger partial charge in [0.1, 0.15) is 0 Å². The van der Waals surface area contributed by atoms with Crippen LogP contribution in [0.25, 0.3) is 0 Å². The number of carbonyl (C=O) groups is 1. The first-order chi connectivity index (χ1) is 7.24. The molecule has 1 atom stereocenters. The van der Waals surface area contributed by atoms with Gasteiger partial charge in [-0.1, -0.05) is 30.3 Å². The molecule has 3 nitrogen and oxygen atoms in total. The average Bonchev–Trinajstić information content (AvgIpc) is 2.17. The third kappa shape index (κ3) is 2.76. The Bertz CT molecular complexity index is 361. The first kappa shape index (κ1) is 10.1. The monoisotopic (exact) mass is 220 g/mol. The van der Waals surface area contributed by atoms with Crippen molar-refractivity contribution in [1.82, 2.24) is 10.6 Å². The fourth-order valence-corrected chi connectivity index (χ4v) is 1.98. The zero-order chi connectivity index (χ0) is 10.7. The number of rotatable bonds is 2. The van der Waals surface area contributed by atoms with Gasteiger partial charge in [-0.15, -0.1) is 0 Å². The number of carbonyl (C=O) groups excluding carboxylic acids is 1. The van der Waals surface area contributed by atoms with Crippen molar-refractivity contribution < 1.29 is 4.79 Å². The Kier molecular flexibility index (Phi) is 2.97. The van der Waals surface area contributed by atoms with E-state index in [4.69, 9.17) is 12.2 Å². The molecule has 1 aromatic rings. The largest absolute Gasteiger partial charge is 0.359 e. The molecule has 1 aliphatic heterocycles. The second-order valence-corrected chi connectivity index (χ2v) is 4.02. The van der Waals surface area contributed by atoms with Crippen LogP contribution in [0.5, 0.6) is 0 Å². The van der Waals surface area contributed by atoms with Crippen LogP contribution in [0.3, 0.4) is 0 Å². The van der Waals surface area contributed by atoms with Crippen LogP contribution in [-0.4, -0.2) is 17.1 Å². The van der Waals surface area contributed by atoms with Crippen molar-refractivity contribution in [3.63, 3.8) is 0 Å². The molecule has 2 N–H and O–H groups in total. The Morgan fingerprint density at radius 1 is 1.33 bits per heavy atom. The van der Waals surface area contributed by atoms with E-state index >= 15 is 0 Å². The molecule has 0 aliphatic carbocycles. The lowest BCUT2D eigenvalue weighted by molar-refractivity contribution is -0.120. The molecule has 0 radical (unpaired) electrons. The first-order valence-electron chi connectivity index (χ1n) is 4.88. The Hall–Kier alpha value is -1.42. The van der Waals surface area contributed by atoms with E-state index in [2.05, 4.69) is 22.8 Å². The lowest BCUT2D eigenvalue weighted by Crippen LogP contribution is -2.52. The zero-order valence-electron chi connectivity index (χ0n) is 8.19. The van der Waals surface area contributed by atoms with Crippen molar-refractivity contribution in [2.45, 2.75) is 18.9 Å². The van der Waals surface area contributed by atoms with Gasteiger partial charge in [-0.3, -0.25) is 4.79 Å². The van der Waals surface area contributed by atoms with Crippen LogP contribution in [0.15, 0.2) is 30.3 Å². The Balaban J connectivity index is 2.00. The summed E-state index contributed by atoms with van der Waals surface area (Å²) in [6.45, 7) is 0. The van der Waals surface area contributed by atoms with Gasteiger partial charge < -0.3 is 10.6 Å². The predicted molar refractivity (Wildman–Crippen MR) is 62.4 cm³/mol. The topological polar surface area (TPSA) is 41.1 Å². The second-order valence-electron chi connectivity index (χ2n) is 3.61. The van der Waals surface area contributed by atoms with E-state index in [0.717, 1.165) is 6.42 Å². The summed E-state index contributed by atoms with van der Waals surface area (Å²) >= 11 is 4.93. The minimum Gasteiger partial charge on any atom is -0.359 e. The summed E-state index contributed by atoms with van der Waals surface area (Å²) in [5.74, 6) is -0.000295. The van der Waals surface area contributed by atoms with Gasteiger partial charge >= 0.3 is 0 Å². The maximum Gasteiger partial charge on any atom is 0.228 e. The van der Waals surface area contributed by atoms with Gasteiger partial charge in [0.15, 0.2) is 5.11 Å². The molecule has 15 heavy (non-hydrogen) atoms. The highest BCUT2D eigenvalue weighted by molar-refractivity contribution is 7.80. The Labute approximate surface area is 93.9 Å². The zero-order valence-corrected chi connectivity index (χ0v) is 9.01. The maximum absolute atomic E-state index is 11.2. The van der Waals surface area contributed by atoms with Crippen LogP contribution in [0.1, 0.15) is 12.0 Å². The number of thiocarbonyl (C=S) groups is 1. The van der Waals surface area contributed by atoms with Crippen molar-refractivity contribution in [2.75, 3.05) is 0 Å². The minimum atomic E-state index is -0.000295. The van der Waals surface area contributed by atoms with Crippen molar-refractivity contribution in [3.05, 3.63) is 35.9 Å². The van der Waals surface area contributed by atoms with Crippen LogP contribution in [0, 0.1) is 0 Å². The molecule has 0 spiro atoms. The maximum atomic E-state index is 11.2. The molecule has 1 fully saturated rings. The predicted octanol–water partition coefficient (Wildman–Crippen LogP) is 0.992. The molecule has 78 valence electrons. The highest BCUT2D eigenvalue weighted by atomic mass is 32.1. The van der Waals surface area contributed by atoms with Gasteiger partial charge in [0.05, 0.1) is 0 Å².